The third kappa shape index (κ3) is 8.74. The van der Waals surface area contributed by atoms with Crippen molar-refractivity contribution in [1.29, 1.82) is 0 Å². The van der Waals surface area contributed by atoms with Gasteiger partial charge < -0.3 is 19.5 Å². The molecule has 4 nitrogen and oxygen atoms in total. The molecule has 0 aromatic rings. The van der Waals surface area contributed by atoms with Crippen LogP contribution in [-0.2, 0) is 8.85 Å². The molecule has 0 aromatic heterocycles. The van der Waals surface area contributed by atoms with Gasteiger partial charge >= 0.3 is 9.28 Å². The summed E-state index contributed by atoms with van der Waals surface area (Å²) in [6.07, 6.45) is 5.12. The van der Waals surface area contributed by atoms with E-state index in [1.54, 1.807) is 0 Å². The summed E-state index contributed by atoms with van der Waals surface area (Å²) in [5, 5.41) is 6.73. The maximum atomic E-state index is 5.67. The summed E-state index contributed by atoms with van der Waals surface area (Å²) < 4.78 is 11.3. The Kier molecular flexibility index (Phi) is 12.6. The molecule has 0 saturated carbocycles. The highest BCUT2D eigenvalue weighted by Crippen LogP contribution is 1.99. The van der Waals surface area contributed by atoms with Gasteiger partial charge in [0.05, 0.1) is 0 Å². The molecule has 0 aliphatic heterocycles. The Balaban J connectivity index is 3.83. The average molecular weight is 261 g/mol. The zero-order valence-corrected chi connectivity index (χ0v) is 12.8. The van der Waals surface area contributed by atoms with Crippen molar-refractivity contribution < 1.29 is 8.85 Å². The number of nitrogens with one attached hydrogen (secondary N) is 2. The van der Waals surface area contributed by atoms with Gasteiger partial charge in [-0.15, -0.1) is 0 Å². The highest BCUT2D eigenvalue weighted by atomic mass is 28.3. The van der Waals surface area contributed by atoms with Crippen molar-refractivity contribution in [3.05, 3.63) is 0 Å². The summed E-state index contributed by atoms with van der Waals surface area (Å²) >= 11 is 0. The first-order chi connectivity index (χ1) is 8.29. The minimum atomic E-state index is -1.25. The highest BCUT2D eigenvalue weighted by molar-refractivity contribution is 6.46. The van der Waals surface area contributed by atoms with Crippen LogP contribution in [0.3, 0.4) is 0 Å². The van der Waals surface area contributed by atoms with Crippen LogP contribution in [0.5, 0.6) is 0 Å². The number of hydrogen-bond acceptors (Lipinski definition) is 4. The van der Waals surface area contributed by atoms with Gasteiger partial charge in [0.25, 0.3) is 0 Å². The Morgan fingerprint density at radius 3 is 2.12 bits per heavy atom. The molecule has 0 aromatic carbocycles. The van der Waals surface area contributed by atoms with E-state index >= 15 is 0 Å². The molecule has 0 heterocycles. The van der Waals surface area contributed by atoms with Crippen LogP contribution in [0.15, 0.2) is 0 Å². The topological polar surface area (TPSA) is 42.5 Å². The fourth-order valence-corrected chi connectivity index (χ4v) is 3.13. The van der Waals surface area contributed by atoms with Gasteiger partial charge in [-0.1, -0.05) is 26.2 Å². The Bertz CT molecular complexity index is 155. The zero-order chi connectivity index (χ0) is 12.9. The predicted octanol–water partition coefficient (Wildman–Crippen LogP) is 1.80. The van der Waals surface area contributed by atoms with Gasteiger partial charge in [-0.05, 0) is 33.9 Å². The minimum Gasteiger partial charge on any atom is -0.392 e. The van der Waals surface area contributed by atoms with Crippen molar-refractivity contribution in [2.45, 2.75) is 52.2 Å². The van der Waals surface area contributed by atoms with E-state index in [0.29, 0.717) is 13.2 Å². The molecule has 0 fully saturated rings. The van der Waals surface area contributed by atoms with Crippen molar-refractivity contribution in [2.24, 2.45) is 0 Å². The molecular weight excluding hydrogens is 232 g/mol. The molecule has 0 saturated heterocycles. The van der Waals surface area contributed by atoms with Gasteiger partial charge in [0.2, 0.25) is 0 Å². The van der Waals surface area contributed by atoms with Gasteiger partial charge in [-0.3, -0.25) is 0 Å². The van der Waals surface area contributed by atoms with Gasteiger partial charge in [0.1, 0.15) is 5.79 Å². The lowest BCUT2D eigenvalue weighted by molar-refractivity contribution is 0.194. The zero-order valence-electron chi connectivity index (χ0n) is 11.8. The molecule has 0 rings (SSSR count). The van der Waals surface area contributed by atoms with E-state index in [-0.39, 0.29) is 5.79 Å². The number of rotatable bonds is 12. The second-order valence-electron chi connectivity index (χ2n) is 3.92. The summed E-state index contributed by atoms with van der Waals surface area (Å²) in [6, 6.07) is 0. The lowest BCUT2D eigenvalue weighted by atomic mass is 10.2. The quantitative estimate of drug-likeness (QED) is 0.319. The van der Waals surface area contributed by atoms with Gasteiger partial charge in [0, 0.05) is 13.2 Å². The molecule has 0 bridgehead atoms. The summed E-state index contributed by atoms with van der Waals surface area (Å²) in [4.78, 5) is 0. The third-order valence-corrected chi connectivity index (χ3v) is 4.59. The molecule has 0 spiro atoms. The van der Waals surface area contributed by atoms with E-state index in [2.05, 4.69) is 17.6 Å². The number of unbranched alkanes of at least 4 members (excludes halogenated alkanes) is 3. The summed E-state index contributed by atoms with van der Waals surface area (Å²) in [5.41, 5.74) is 0. The lowest BCUT2D eigenvalue weighted by Gasteiger charge is -2.24. The first-order valence-electron chi connectivity index (χ1n) is 6.83. The summed E-state index contributed by atoms with van der Waals surface area (Å²) in [7, 11) is 0.700. The van der Waals surface area contributed by atoms with E-state index in [4.69, 9.17) is 8.85 Å². The average Bonchev–Trinajstić information content (AvgIpc) is 2.34. The Labute approximate surface area is 108 Å². The maximum absolute atomic E-state index is 5.67. The first kappa shape index (κ1) is 17.1. The van der Waals surface area contributed by atoms with Crippen LogP contribution in [0.4, 0.5) is 0 Å². The predicted molar refractivity (Wildman–Crippen MR) is 74.0 cm³/mol. The molecule has 17 heavy (non-hydrogen) atoms. The van der Waals surface area contributed by atoms with E-state index < -0.39 is 9.28 Å². The van der Waals surface area contributed by atoms with Gasteiger partial charge in [-0.25, -0.2) is 0 Å². The van der Waals surface area contributed by atoms with E-state index in [1.807, 2.05) is 20.9 Å². The van der Waals surface area contributed by atoms with Crippen LogP contribution < -0.4 is 10.6 Å². The van der Waals surface area contributed by atoms with E-state index in [0.717, 1.165) is 6.54 Å². The second-order valence-corrected chi connectivity index (χ2v) is 5.71. The summed E-state index contributed by atoms with van der Waals surface area (Å²) in [6.45, 7) is 8.71. The first-order valence-corrected chi connectivity index (χ1v) is 8.22. The molecule has 103 valence electrons. The number of hydrogen-bond donors (Lipinski definition) is 2. The van der Waals surface area contributed by atoms with Crippen LogP contribution >= 0.6 is 0 Å². The normalized spacial score (nSPS) is 13.2. The fraction of sp³-hybridized carbons (Fsp3) is 1.00. The van der Waals surface area contributed by atoms with E-state index in [9.17, 15) is 0 Å². The van der Waals surface area contributed by atoms with Crippen molar-refractivity contribution >= 4 is 9.28 Å². The monoisotopic (exact) mass is 261 g/mol. The molecule has 0 amide bonds. The second kappa shape index (κ2) is 12.5. The Morgan fingerprint density at radius 1 is 1.00 bits per heavy atom. The molecule has 5 heteroatoms. The van der Waals surface area contributed by atoms with Crippen molar-refractivity contribution in [3.63, 3.8) is 0 Å². The lowest BCUT2D eigenvalue weighted by Crippen LogP contribution is -2.55. The summed E-state index contributed by atoms with van der Waals surface area (Å²) in [5.74, 6) is 0.168. The molecule has 2 N–H and O–H groups in total. The Hall–Kier alpha value is 0.0569. The molecule has 1 radical (unpaired) electrons. The van der Waals surface area contributed by atoms with Gasteiger partial charge in [-0.2, -0.15) is 0 Å². The Morgan fingerprint density at radius 2 is 1.65 bits per heavy atom. The van der Waals surface area contributed by atoms with Crippen LogP contribution in [0, 0.1) is 0 Å². The molecule has 1 unspecified atom stereocenters. The largest absolute Gasteiger partial charge is 0.419 e. The SMILES string of the molecule is CCCCCCNC(NC)[Si](OCC)OCC. The van der Waals surface area contributed by atoms with Crippen LogP contribution in [0.2, 0.25) is 0 Å². The fourth-order valence-electron chi connectivity index (χ4n) is 1.59. The standard InChI is InChI=1S/C12H29N2O2Si/c1-5-8-9-10-11-14-12(13-4)17(15-6-2)16-7-3/h12-14H,5-11H2,1-4H3. The van der Waals surface area contributed by atoms with Crippen LogP contribution in [0.1, 0.15) is 46.5 Å². The van der Waals surface area contributed by atoms with Gasteiger partial charge in [0.15, 0.2) is 0 Å². The van der Waals surface area contributed by atoms with Crippen molar-refractivity contribution in [2.75, 3.05) is 26.8 Å². The molecule has 0 aliphatic rings. The molecule has 1 atom stereocenters. The van der Waals surface area contributed by atoms with Crippen molar-refractivity contribution in [1.82, 2.24) is 10.6 Å². The molecular formula is C12H29N2O2Si. The third-order valence-electron chi connectivity index (χ3n) is 2.48. The van der Waals surface area contributed by atoms with Crippen molar-refractivity contribution in [3.8, 4) is 0 Å². The minimum absolute atomic E-state index is 0.168. The van der Waals surface area contributed by atoms with Crippen LogP contribution in [0.25, 0.3) is 0 Å². The highest BCUT2D eigenvalue weighted by Gasteiger charge is 2.25. The van der Waals surface area contributed by atoms with Crippen LogP contribution in [-0.4, -0.2) is 41.9 Å². The molecule has 0 aliphatic carbocycles. The maximum Gasteiger partial charge on any atom is 0.419 e. The van der Waals surface area contributed by atoms with E-state index in [1.165, 1.54) is 25.7 Å². The smallest absolute Gasteiger partial charge is 0.392 e.